The molecule has 2 aliphatic rings. The summed E-state index contributed by atoms with van der Waals surface area (Å²) >= 11 is 0. The summed E-state index contributed by atoms with van der Waals surface area (Å²) in [5.41, 5.74) is 1.31. The SMILES string of the molecule is CCC#CCC(C)CCC(=O)[C@H]1[C@@H]2CCC(CCCC(=O)O)=C[C@@H]2C[C@@H]1O. The standard InChI is InChI=1S/C23H34O4/c1-3-4-5-7-16(2)10-13-20(24)23-19-12-11-17(8-6-9-22(26)27)14-18(19)15-21(23)25/h14,16,18-19,21,23,25H,3,6-13,15H2,1-2H3,(H,26,27)/t16?,18-,19-,21+,23-/m1/s1. The second-order valence-electron chi connectivity index (χ2n) is 8.29. The van der Waals surface area contributed by atoms with Crippen molar-refractivity contribution >= 4 is 11.8 Å². The molecular weight excluding hydrogens is 340 g/mol. The molecule has 4 nitrogen and oxygen atoms in total. The number of ketones is 1. The molecule has 5 atom stereocenters. The maximum atomic E-state index is 12.8. The number of fused-ring (bicyclic) bond motifs is 1. The van der Waals surface area contributed by atoms with Crippen molar-refractivity contribution in [3.63, 3.8) is 0 Å². The summed E-state index contributed by atoms with van der Waals surface area (Å²) in [6.07, 6.45) is 9.02. The third kappa shape index (κ3) is 6.50. The van der Waals surface area contributed by atoms with E-state index in [1.807, 2.05) is 6.92 Å². The number of hydrogen-bond donors (Lipinski definition) is 2. The average Bonchev–Trinajstić information content (AvgIpc) is 2.94. The van der Waals surface area contributed by atoms with Crippen molar-refractivity contribution in [2.75, 3.05) is 0 Å². The first kappa shape index (κ1) is 21.7. The first-order chi connectivity index (χ1) is 12.9. The molecule has 0 aliphatic heterocycles. The third-order valence-electron chi connectivity index (χ3n) is 6.08. The minimum Gasteiger partial charge on any atom is -0.481 e. The summed E-state index contributed by atoms with van der Waals surface area (Å²) in [7, 11) is 0. The fourth-order valence-corrected chi connectivity index (χ4v) is 4.63. The highest BCUT2D eigenvalue weighted by atomic mass is 16.4. The van der Waals surface area contributed by atoms with E-state index in [4.69, 9.17) is 5.11 Å². The number of hydrogen-bond acceptors (Lipinski definition) is 3. The highest BCUT2D eigenvalue weighted by Crippen LogP contribution is 2.46. The van der Waals surface area contributed by atoms with E-state index in [1.165, 1.54) is 5.57 Å². The van der Waals surface area contributed by atoms with E-state index in [-0.39, 0.29) is 30.0 Å². The van der Waals surface area contributed by atoms with Crippen molar-refractivity contribution in [2.45, 2.75) is 84.2 Å². The summed E-state index contributed by atoms with van der Waals surface area (Å²) in [6, 6.07) is 0. The molecule has 2 aliphatic carbocycles. The minimum atomic E-state index is -0.749. The number of carboxylic acids is 1. The van der Waals surface area contributed by atoms with Gasteiger partial charge in [-0.15, -0.1) is 11.8 Å². The number of allylic oxidation sites excluding steroid dienone is 2. The highest BCUT2D eigenvalue weighted by Gasteiger charge is 2.45. The fourth-order valence-electron chi connectivity index (χ4n) is 4.63. The van der Waals surface area contributed by atoms with Gasteiger partial charge in [0.25, 0.3) is 0 Å². The van der Waals surface area contributed by atoms with Gasteiger partial charge in [-0.05, 0) is 56.3 Å². The number of carbonyl (C=O) groups is 2. The maximum Gasteiger partial charge on any atom is 0.303 e. The Labute approximate surface area is 163 Å². The van der Waals surface area contributed by atoms with Crippen LogP contribution in [0.1, 0.15) is 78.1 Å². The zero-order valence-corrected chi connectivity index (χ0v) is 16.7. The van der Waals surface area contributed by atoms with E-state index in [1.54, 1.807) is 0 Å². The summed E-state index contributed by atoms with van der Waals surface area (Å²) < 4.78 is 0. The van der Waals surface area contributed by atoms with E-state index < -0.39 is 12.1 Å². The number of aliphatic hydroxyl groups excluding tert-OH is 1. The van der Waals surface area contributed by atoms with Gasteiger partial charge >= 0.3 is 5.97 Å². The summed E-state index contributed by atoms with van der Waals surface area (Å²) in [6.45, 7) is 4.17. The van der Waals surface area contributed by atoms with Crippen molar-refractivity contribution in [1.82, 2.24) is 0 Å². The molecule has 0 amide bonds. The van der Waals surface area contributed by atoms with Crippen molar-refractivity contribution in [2.24, 2.45) is 23.7 Å². The molecule has 1 fully saturated rings. The first-order valence-corrected chi connectivity index (χ1v) is 10.5. The Morgan fingerprint density at radius 2 is 2.07 bits per heavy atom. The molecule has 1 unspecified atom stereocenters. The van der Waals surface area contributed by atoms with Crippen LogP contribution in [0.5, 0.6) is 0 Å². The lowest BCUT2D eigenvalue weighted by atomic mass is 9.76. The third-order valence-corrected chi connectivity index (χ3v) is 6.08. The van der Waals surface area contributed by atoms with Crippen molar-refractivity contribution in [3.8, 4) is 11.8 Å². The van der Waals surface area contributed by atoms with Gasteiger partial charge in [-0.25, -0.2) is 0 Å². The van der Waals surface area contributed by atoms with Crippen molar-refractivity contribution in [1.29, 1.82) is 0 Å². The van der Waals surface area contributed by atoms with Gasteiger partial charge in [0.15, 0.2) is 0 Å². The average molecular weight is 375 g/mol. The van der Waals surface area contributed by atoms with E-state index >= 15 is 0 Å². The largest absolute Gasteiger partial charge is 0.481 e. The van der Waals surface area contributed by atoms with Gasteiger partial charge in [-0.1, -0.05) is 25.5 Å². The lowest BCUT2D eigenvalue weighted by molar-refractivity contribution is -0.137. The minimum absolute atomic E-state index is 0.204. The second-order valence-corrected chi connectivity index (χ2v) is 8.29. The lowest BCUT2D eigenvalue weighted by Gasteiger charge is -2.28. The van der Waals surface area contributed by atoms with Crippen molar-refractivity contribution in [3.05, 3.63) is 11.6 Å². The molecule has 150 valence electrons. The van der Waals surface area contributed by atoms with Crippen LogP contribution in [0.3, 0.4) is 0 Å². The van der Waals surface area contributed by atoms with Crippen LogP contribution in [0.25, 0.3) is 0 Å². The van der Waals surface area contributed by atoms with Crippen LogP contribution < -0.4 is 0 Å². The van der Waals surface area contributed by atoms with E-state index in [9.17, 15) is 14.7 Å². The Morgan fingerprint density at radius 3 is 2.78 bits per heavy atom. The number of Topliss-reactive ketones (excluding diaryl/α,β-unsaturated/α-hetero) is 1. The Kier molecular flexibility index (Phi) is 8.57. The maximum absolute atomic E-state index is 12.8. The van der Waals surface area contributed by atoms with Crippen LogP contribution in [-0.2, 0) is 9.59 Å². The van der Waals surface area contributed by atoms with Crippen LogP contribution in [0.4, 0.5) is 0 Å². The molecule has 0 aromatic carbocycles. The zero-order chi connectivity index (χ0) is 19.8. The number of aliphatic hydroxyl groups is 1. The molecule has 4 heteroatoms. The molecule has 0 saturated heterocycles. The van der Waals surface area contributed by atoms with Crippen LogP contribution >= 0.6 is 0 Å². The molecular formula is C23H34O4. The zero-order valence-electron chi connectivity index (χ0n) is 16.7. The molecule has 0 radical (unpaired) electrons. The smallest absolute Gasteiger partial charge is 0.303 e. The number of carboxylic acid groups (broad SMARTS) is 1. The Morgan fingerprint density at radius 1 is 1.30 bits per heavy atom. The monoisotopic (exact) mass is 374 g/mol. The van der Waals surface area contributed by atoms with Gasteiger partial charge in [0, 0.05) is 31.6 Å². The topological polar surface area (TPSA) is 74.6 Å². The molecule has 0 aromatic rings. The number of carbonyl (C=O) groups excluding carboxylic acids is 1. The highest BCUT2D eigenvalue weighted by molar-refractivity contribution is 5.82. The molecule has 0 heterocycles. The number of rotatable bonds is 9. The second kappa shape index (κ2) is 10.7. The predicted molar refractivity (Wildman–Crippen MR) is 106 cm³/mol. The Balaban J connectivity index is 1.86. The van der Waals surface area contributed by atoms with Crippen LogP contribution in [0.2, 0.25) is 0 Å². The quantitative estimate of drug-likeness (QED) is 0.464. The van der Waals surface area contributed by atoms with Gasteiger partial charge in [0.05, 0.1) is 6.10 Å². The summed E-state index contributed by atoms with van der Waals surface area (Å²) in [5.74, 6) is 6.42. The van der Waals surface area contributed by atoms with Crippen molar-refractivity contribution < 1.29 is 19.8 Å². The van der Waals surface area contributed by atoms with E-state index in [0.29, 0.717) is 25.2 Å². The normalized spacial score (nSPS) is 27.9. The van der Waals surface area contributed by atoms with Crippen LogP contribution in [-0.4, -0.2) is 28.1 Å². The Bertz CT molecular complexity index is 610. The lowest BCUT2D eigenvalue weighted by Crippen LogP contribution is -2.30. The van der Waals surface area contributed by atoms with Gasteiger partial charge in [-0.3, -0.25) is 9.59 Å². The van der Waals surface area contributed by atoms with E-state index in [2.05, 4.69) is 24.8 Å². The molecule has 2 rings (SSSR count). The van der Waals surface area contributed by atoms with Gasteiger partial charge in [0.1, 0.15) is 5.78 Å². The molecule has 27 heavy (non-hydrogen) atoms. The van der Waals surface area contributed by atoms with Crippen LogP contribution in [0.15, 0.2) is 11.6 Å². The fraction of sp³-hybridized carbons (Fsp3) is 0.739. The van der Waals surface area contributed by atoms with Gasteiger partial charge in [0.2, 0.25) is 0 Å². The van der Waals surface area contributed by atoms with Crippen LogP contribution in [0, 0.1) is 35.5 Å². The molecule has 2 N–H and O–H groups in total. The van der Waals surface area contributed by atoms with Gasteiger partial charge < -0.3 is 10.2 Å². The molecule has 0 bridgehead atoms. The Hall–Kier alpha value is -1.60. The number of aliphatic carboxylic acids is 1. The summed E-state index contributed by atoms with van der Waals surface area (Å²) in [5, 5.41) is 19.3. The molecule has 0 spiro atoms. The molecule has 1 saturated carbocycles. The predicted octanol–water partition coefficient (Wildman–Crippen LogP) is 4.36. The van der Waals surface area contributed by atoms with Gasteiger partial charge in [-0.2, -0.15) is 0 Å². The first-order valence-electron chi connectivity index (χ1n) is 10.5. The van der Waals surface area contributed by atoms with E-state index in [0.717, 1.165) is 38.5 Å². The summed E-state index contributed by atoms with van der Waals surface area (Å²) in [4.78, 5) is 23.5. The molecule has 0 aromatic heterocycles.